The number of amides is 2. The maximum atomic E-state index is 14.0. The quantitative estimate of drug-likeness (QED) is 0.262. The van der Waals surface area contributed by atoms with Gasteiger partial charge in [0.2, 0.25) is 0 Å². The summed E-state index contributed by atoms with van der Waals surface area (Å²) in [6, 6.07) is 25.4. The van der Waals surface area contributed by atoms with Crippen molar-refractivity contribution in [1.82, 2.24) is 4.90 Å². The summed E-state index contributed by atoms with van der Waals surface area (Å²) >= 11 is 0.904. The summed E-state index contributed by atoms with van der Waals surface area (Å²) in [5, 5.41) is 1.84. The van der Waals surface area contributed by atoms with Crippen LogP contribution in [0.25, 0.3) is 16.8 Å². The van der Waals surface area contributed by atoms with Gasteiger partial charge in [0.05, 0.1) is 18.6 Å². The van der Waals surface area contributed by atoms with Crippen molar-refractivity contribution < 1.29 is 23.5 Å². The zero-order chi connectivity index (χ0) is 25.1. The van der Waals surface area contributed by atoms with Gasteiger partial charge in [0.1, 0.15) is 12.4 Å². The van der Waals surface area contributed by atoms with E-state index in [1.165, 1.54) is 18.1 Å². The lowest BCUT2D eigenvalue weighted by Gasteiger charge is -2.13. The first kappa shape index (κ1) is 23.6. The molecule has 5 rings (SSSR count). The van der Waals surface area contributed by atoms with Crippen LogP contribution in [0, 0.1) is 5.82 Å². The Kier molecular flexibility index (Phi) is 6.73. The van der Waals surface area contributed by atoms with E-state index in [2.05, 4.69) is 0 Å². The second kappa shape index (κ2) is 10.3. The molecule has 0 atom stereocenters. The summed E-state index contributed by atoms with van der Waals surface area (Å²) in [6.07, 6.45) is 1.65. The first-order valence-corrected chi connectivity index (χ1v) is 12.1. The van der Waals surface area contributed by atoms with Gasteiger partial charge in [-0.2, -0.15) is 0 Å². The molecule has 1 saturated heterocycles. The van der Waals surface area contributed by atoms with Crippen LogP contribution in [0.5, 0.6) is 11.5 Å². The topological polar surface area (TPSA) is 55.8 Å². The van der Waals surface area contributed by atoms with E-state index in [1.807, 2.05) is 42.5 Å². The normalized spacial score (nSPS) is 14.6. The van der Waals surface area contributed by atoms with Crippen molar-refractivity contribution in [2.24, 2.45) is 0 Å². The maximum absolute atomic E-state index is 14.0. The zero-order valence-corrected chi connectivity index (χ0v) is 20.3. The summed E-state index contributed by atoms with van der Waals surface area (Å²) < 4.78 is 25.2. The molecule has 0 aromatic heterocycles. The van der Waals surface area contributed by atoms with E-state index in [1.54, 1.807) is 42.5 Å². The average Bonchev–Trinajstić information content (AvgIpc) is 3.15. The van der Waals surface area contributed by atoms with Crippen molar-refractivity contribution in [1.29, 1.82) is 0 Å². The smallest absolute Gasteiger partial charge is 0.293 e. The van der Waals surface area contributed by atoms with Crippen molar-refractivity contribution in [2.45, 2.75) is 13.2 Å². The van der Waals surface area contributed by atoms with E-state index in [-0.39, 0.29) is 30.1 Å². The summed E-state index contributed by atoms with van der Waals surface area (Å²) in [5.41, 5.74) is 1.96. The Labute approximate surface area is 212 Å². The standard InChI is InChI=1S/C29H22FNO4S/c1-34-25-13-11-19(15-26(25)35-18-23-8-4-5-9-24(23)30)16-27-28(32)31(29(33)36-27)17-20-10-12-21-6-2-3-7-22(21)14-20/h2-16H,17-18H2,1H3/b27-16-. The van der Waals surface area contributed by atoms with E-state index >= 15 is 0 Å². The predicted molar refractivity (Wildman–Crippen MR) is 139 cm³/mol. The minimum Gasteiger partial charge on any atom is -0.493 e. The highest BCUT2D eigenvalue weighted by atomic mass is 32.2. The molecule has 1 aliphatic heterocycles. The summed E-state index contributed by atoms with van der Waals surface area (Å²) in [5.74, 6) is 0.188. The molecule has 0 aliphatic carbocycles. The molecule has 4 aromatic carbocycles. The lowest BCUT2D eigenvalue weighted by Crippen LogP contribution is -2.27. The maximum Gasteiger partial charge on any atom is 0.293 e. The number of halogens is 1. The molecule has 1 heterocycles. The number of ether oxygens (including phenoxy) is 2. The number of imide groups is 1. The fourth-order valence-corrected chi connectivity index (χ4v) is 4.81. The van der Waals surface area contributed by atoms with Crippen LogP contribution in [-0.2, 0) is 17.9 Å². The monoisotopic (exact) mass is 499 g/mol. The van der Waals surface area contributed by atoms with E-state index < -0.39 is 0 Å². The van der Waals surface area contributed by atoms with Crippen LogP contribution >= 0.6 is 11.8 Å². The van der Waals surface area contributed by atoms with Gasteiger partial charge in [-0.05, 0) is 64.0 Å². The van der Waals surface area contributed by atoms with Crippen LogP contribution < -0.4 is 9.47 Å². The molecule has 5 nitrogen and oxygen atoms in total. The van der Waals surface area contributed by atoms with Crippen LogP contribution in [0.4, 0.5) is 9.18 Å². The fourth-order valence-electron chi connectivity index (χ4n) is 3.97. The molecular weight excluding hydrogens is 477 g/mol. The largest absolute Gasteiger partial charge is 0.493 e. The highest BCUT2D eigenvalue weighted by molar-refractivity contribution is 8.18. The number of carbonyl (C=O) groups is 2. The van der Waals surface area contributed by atoms with Gasteiger partial charge in [0.15, 0.2) is 11.5 Å². The molecule has 0 spiro atoms. The van der Waals surface area contributed by atoms with Crippen molar-refractivity contribution in [3.05, 3.63) is 112 Å². The minimum atomic E-state index is -0.354. The third kappa shape index (κ3) is 4.97. The number of benzene rings is 4. The van der Waals surface area contributed by atoms with Gasteiger partial charge in [-0.15, -0.1) is 0 Å². The van der Waals surface area contributed by atoms with Crippen LogP contribution in [0.3, 0.4) is 0 Å². The van der Waals surface area contributed by atoms with Crippen molar-refractivity contribution in [3.63, 3.8) is 0 Å². The Hall–Kier alpha value is -4.10. The van der Waals surface area contributed by atoms with Gasteiger partial charge in [0, 0.05) is 5.56 Å². The van der Waals surface area contributed by atoms with Crippen molar-refractivity contribution in [2.75, 3.05) is 7.11 Å². The molecule has 2 amide bonds. The second-order valence-electron chi connectivity index (χ2n) is 8.24. The average molecular weight is 500 g/mol. The molecule has 0 N–H and O–H groups in total. The van der Waals surface area contributed by atoms with Crippen LogP contribution in [-0.4, -0.2) is 23.2 Å². The first-order valence-electron chi connectivity index (χ1n) is 11.3. The number of hydrogen-bond donors (Lipinski definition) is 0. The molecule has 0 saturated carbocycles. The number of thioether (sulfide) groups is 1. The van der Waals surface area contributed by atoms with Crippen LogP contribution in [0.2, 0.25) is 0 Å². The molecule has 7 heteroatoms. The number of rotatable bonds is 7. The number of carbonyl (C=O) groups excluding carboxylic acids is 2. The number of methoxy groups -OCH3 is 1. The summed E-state index contributed by atoms with van der Waals surface area (Å²) in [4.78, 5) is 27.3. The van der Waals surface area contributed by atoms with E-state index in [9.17, 15) is 14.0 Å². The van der Waals surface area contributed by atoms with Crippen LogP contribution in [0.1, 0.15) is 16.7 Å². The number of fused-ring (bicyclic) bond motifs is 1. The molecule has 36 heavy (non-hydrogen) atoms. The van der Waals surface area contributed by atoms with E-state index in [0.717, 1.165) is 28.1 Å². The van der Waals surface area contributed by atoms with Gasteiger partial charge in [-0.25, -0.2) is 4.39 Å². The molecule has 0 bridgehead atoms. The highest BCUT2D eigenvalue weighted by Gasteiger charge is 2.35. The Morgan fingerprint density at radius 1 is 0.889 bits per heavy atom. The second-order valence-corrected chi connectivity index (χ2v) is 9.23. The fraction of sp³-hybridized carbons (Fsp3) is 0.103. The van der Waals surface area contributed by atoms with Crippen LogP contribution in [0.15, 0.2) is 89.8 Å². The van der Waals surface area contributed by atoms with Gasteiger partial charge in [-0.3, -0.25) is 14.5 Å². The van der Waals surface area contributed by atoms with Gasteiger partial charge in [0.25, 0.3) is 11.1 Å². The Balaban J connectivity index is 1.34. The van der Waals surface area contributed by atoms with E-state index in [0.29, 0.717) is 27.5 Å². The predicted octanol–water partition coefficient (Wildman–Crippen LogP) is 6.80. The minimum absolute atomic E-state index is 0.0226. The SMILES string of the molecule is COc1ccc(/C=C2\SC(=O)N(Cc3ccc4ccccc4c3)C2=O)cc1OCc1ccccc1F. The van der Waals surface area contributed by atoms with Crippen molar-refractivity contribution >= 4 is 39.8 Å². The lowest BCUT2D eigenvalue weighted by molar-refractivity contribution is -0.123. The molecule has 4 aromatic rings. The summed E-state index contributed by atoms with van der Waals surface area (Å²) in [7, 11) is 1.52. The first-order chi connectivity index (χ1) is 17.5. The lowest BCUT2D eigenvalue weighted by atomic mass is 10.1. The molecule has 1 fully saturated rings. The van der Waals surface area contributed by atoms with E-state index in [4.69, 9.17) is 9.47 Å². The van der Waals surface area contributed by atoms with Crippen molar-refractivity contribution in [3.8, 4) is 11.5 Å². The number of nitrogens with zero attached hydrogens (tertiary/aromatic N) is 1. The zero-order valence-electron chi connectivity index (χ0n) is 19.4. The Morgan fingerprint density at radius 3 is 2.47 bits per heavy atom. The molecule has 0 unspecified atom stereocenters. The summed E-state index contributed by atoms with van der Waals surface area (Å²) in [6.45, 7) is 0.223. The van der Waals surface area contributed by atoms with Gasteiger partial charge >= 0.3 is 0 Å². The van der Waals surface area contributed by atoms with Gasteiger partial charge < -0.3 is 9.47 Å². The molecular formula is C29H22FNO4S. The number of hydrogen-bond acceptors (Lipinski definition) is 5. The molecule has 0 radical (unpaired) electrons. The molecule has 180 valence electrons. The Morgan fingerprint density at radius 2 is 1.67 bits per heavy atom. The van der Waals surface area contributed by atoms with Gasteiger partial charge in [-0.1, -0.05) is 60.7 Å². The third-order valence-electron chi connectivity index (χ3n) is 5.85. The highest BCUT2D eigenvalue weighted by Crippen LogP contribution is 2.36. The molecule has 1 aliphatic rings. The third-order valence-corrected chi connectivity index (χ3v) is 6.76. The Bertz CT molecular complexity index is 1500.